The molecule has 1 aromatic carbocycles. The number of rotatable bonds is 5. The molecule has 4 aromatic rings. The van der Waals surface area contributed by atoms with E-state index in [0.717, 1.165) is 10.2 Å². The maximum absolute atomic E-state index is 11.3. The second-order valence-electron chi connectivity index (χ2n) is 5.71. The van der Waals surface area contributed by atoms with E-state index in [4.69, 9.17) is 4.74 Å². The summed E-state index contributed by atoms with van der Waals surface area (Å²) in [5.74, 6) is -0.603. The Bertz CT molecular complexity index is 1110. The number of benzene rings is 1. The van der Waals surface area contributed by atoms with E-state index in [0.29, 0.717) is 21.0 Å². The molecule has 1 atom stereocenters. The lowest BCUT2D eigenvalue weighted by Gasteiger charge is -2.08. The van der Waals surface area contributed by atoms with E-state index in [9.17, 15) is 10.5 Å². The quantitative estimate of drug-likeness (QED) is 0.393. The Morgan fingerprint density at radius 2 is 2.07 bits per heavy atom. The number of nitrogens with zero attached hydrogens (tertiary/aromatic N) is 5. The second kappa shape index (κ2) is 7.35. The van der Waals surface area contributed by atoms with Crippen molar-refractivity contribution in [1.29, 1.82) is 5.26 Å². The van der Waals surface area contributed by atoms with Crippen molar-refractivity contribution in [3.8, 4) is 12.1 Å². The summed E-state index contributed by atoms with van der Waals surface area (Å²) in [6, 6.07) is 15.3. The Morgan fingerprint density at radius 3 is 2.89 bits per heavy atom. The molecule has 0 aliphatic rings. The van der Waals surface area contributed by atoms with Gasteiger partial charge in [-0.2, -0.15) is 15.0 Å². The van der Waals surface area contributed by atoms with Crippen LogP contribution in [0.2, 0.25) is 0 Å². The molecule has 1 unspecified atom stereocenters. The number of fused-ring (bicyclic) bond motifs is 1. The predicted octanol–water partition coefficient (Wildman–Crippen LogP) is 2.95. The maximum atomic E-state index is 11.3. The first-order chi connectivity index (χ1) is 13.2. The van der Waals surface area contributed by atoms with E-state index >= 15 is 0 Å². The summed E-state index contributed by atoms with van der Waals surface area (Å²) in [5.41, 5.74) is 2.08. The third kappa shape index (κ3) is 3.68. The molecule has 4 rings (SSSR count). The Hall–Kier alpha value is -3.57. The van der Waals surface area contributed by atoms with Gasteiger partial charge >= 0.3 is 6.01 Å². The highest BCUT2D eigenvalue weighted by Crippen LogP contribution is 2.30. The van der Waals surface area contributed by atoms with Gasteiger partial charge in [-0.05, 0) is 24.3 Å². The molecule has 0 fully saturated rings. The zero-order chi connectivity index (χ0) is 18.6. The van der Waals surface area contributed by atoms with E-state index < -0.39 is 5.92 Å². The molecule has 0 bridgehead atoms. The van der Waals surface area contributed by atoms with Crippen LogP contribution >= 0.6 is 11.3 Å². The fourth-order valence-corrected chi connectivity index (χ4v) is 3.61. The van der Waals surface area contributed by atoms with E-state index in [1.54, 1.807) is 24.4 Å². The number of ether oxygens (including phenoxy) is 1. The summed E-state index contributed by atoms with van der Waals surface area (Å²) in [4.78, 5) is 13.0. The van der Waals surface area contributed by atoms with Crippen LogP contribution in [0.4, 0.5) is 0 Å². The first kappa shape index (κ1) is 16.9. The molecule has 8 heteroatoms. The minimum Gasteiger partial charge on any atom is -0.619 e. The highest BCUT2D eigenvalue weighted by molar-refractivity contribution is 7.18. The van der Waals surface area contributed by atoms with Gasteiger partial charge in [0.2, 0.25) is 0 Å². The van der Waals surface area contributed by atoms with Crippen LogP contribution in [0.25, 0.3) is 10.2 Å². The highest BCUT2D eigenvalue weighted by atomic mass is 32.1. The Balaban J connectivity index is 1.57. The number of hydrogen-bond acceptors (Lipinski definition) is 7. The van der Waals surface area contributed by atoms with Gasteiger partial charge in [0.25, 0.3) is 0 Å². The summed E-state index contributed by atoms with van der Waals surface area (Å²) < 4.78 is 7.30. The Morgan fingerprint density at radius 1 is 1.19 bits per heavy atom. The molecule has 132 valence electrons. The average Bonchev–Trinajstić information content (AvgIpc) is 3.11. The van der Waals surface area contributed by atoms with Crippen molar-refractivity contribution in [2.45, 2.75) is 12.5 Å². The molecule has 0 amide bonds. The lowest BCUT2D eigenvalue weighted by molar-refractivity contribution is -0.606. The van der Waals surface area contributed by atoms with Gasteiger partial charge in [-0.1, -0.05) is 12.1 Å². The molecule has 0 aliphatic heterocycles. The molecule has 0 radical (unpaired) electrons. The van der Waals surface area contributed by atoms with E-state index in [2.05, 4.69) is 21.0 Å². The normalized spacial score (nSPS) is 11.8. The molecule has 27 heavy (non-hydrogen) atoms. The highest BCUT2D eigenvalue weighted by Gasteiger charge is 2.20. The third-order valence-corrected chi connectivity index (χ3v) is 4.94. The van der Waals surface area contributed by atoms with E-state index in [1.165, 1.54) is 23.7 Å². The summed E-state index contributed by atoms with van der Waals surface area (Å²) in [6.07, 6.45) is 4.37. The number of aromatic nitrogens is 4. The Kier molecular flexibility index (Phi) is 4.60. The van der Waals surface area contributed by atoms with E-state index in [1.807, 2.05) is 24.3 Å². The van der Waals surface area contributed by atoms with Crippen LogP contribution in [0.15, 0.2) is 61.1 Å². The van der Waals surface area contributed by atoms with Gasteiger partial charge in [0, 0.05) is 12.3 Å². The molecule has 3 heterocycles. The van der Waals surface area contributed by atoms with Crippen molar-refractivity contribution in [3.05, 3.63) is 82.5 Å². The lowest BCUT2D eigenvalue weighted by Crippen LogP contribution is -2.25. The molecule has 0 N–H and O–H groups in total. The fraction of sp³-hybridized carbons (Fsp3) is 0.105. The van der Waals surface area contributed by atoms with Crippen molar-refractivity contribution in [2.24, 2.45) is 0 Å². The van der Waals surface area contributed by atoms with Crippen LogP contribution in [0.5, 0.6) is 6.01 Å². The molecule has 0 spiro atoms. The molecule has 7 nitrogen and oxygen atoms in total. The molecule has 0 aliphatic carbocycles. The number of pyridine rings is 1. The molecule has 3 aromatic heterocycles. The van der Waals surface area contributed by atoms with Gasteiger partial charge in [-0.15, -0.1) is 11.3 Å². The zero-order valence-electron chi connectivity index (χ0n) is 14.0. The smallest absolute Gasteiger partial charge is 0.316 e. The van der Waals surface area contributed by atoms with Gasteiger partial charge in [0.1, 0.15) is 17.5 Å². The summed E-state index contributed by atoms with van der Waals surface area (Å²) in [7, 11) is 0. The van der Waals surface area contributed by atoms with Crippen LogP contribution in [0.1, 0.15) is 22.2 Å². The van der Waals surface area contributed by atoms with E-state index in [-0.39, 0.29) is 12.6 Å². The van der Waals surface area contributed by atoms with Gasteiger partial charge in [0.05, 0.1) is 27.5 Å². The number of thiazole rings is 1. The minimum atomic E-state index is -0.603. The second-order valence-corrected chi connectivity index (χ2v) is 6.77. The molecule has 0 saturated carbocycles. The van der Waals surface area contributed by atoms with Crippen molar-refractivity contribution in [3.63, 3.8) is 0 Å². The maximum Gasteiger partial charge on any atom is 0.316 e. The first-order valence-electron chi connectivity index (χ1n) is 8.11. The first-order valence-corrected chi connectivity index (χ1v) is 8.93. The largest absolute Gasteiger partial charge is 0.619 e. The minimum absolute atomic E-state index is 0.148. The van der Waals surface area contributed by atoms with Gasteiger partial charge in [-0.25, -0.2) is 9.97 Å². The average molecular weight is 375 g/mol. The summed E-state index contributed by atoms with van der Waals surface area (Å²) in [5, 5.41) is 21.6. The Labute approximate surface area is 158 Å². The summed E-state index contributed by atoms with van der Waals surface area (Å²) >= 11 is 1.47. The monoisotopic (exact) mass is 375 g/mol. The zero-order valence-corrected chi connectivity index (χ0v) is 14.8. The predicted molar refractivity (Wildman–Crippen MR) is 98.8 cm³/mol. The number of para-hydroxylation sites is 1. The lowest BCUT2D eigenvalue weighted by atomic mass is 10.1. The van der Waals surface area contributed by atoms with Gasteiger partial charge in [0.15, 0.2) is 12.4 Å². The van der Waals surface area contributed by atoms with Crippen LogP contribution in [0.3, 0.4) is 0 Å². The number of hydrogen-bond donors (Lipinski definition) is 0. The van der Waals surface area contributed by atoms with Crippen LogP contribution in [-0.4, -0.2) is 15.0 Å². The molecular formula is C19H13N5O2S. The third-order valence-electron chi connectivity index (χ3n) is 3.84. The summed E-state index contributed by atoms with van der Waals surface area (Å²) in [6.45, 7) is 0.158. The van der Waals surface area contributed by atoms with Crippen LogP contribution < -0.4 is 9.47 Å². The standard InChI is InChI=1S/C19H13N5O2S/c20-10-14(18-22-16-5-1-2-6-17(16)27-18)15-7-8-21-19(23-15)26-12-13-4-3-9-24(25)11-13/h1-9,11,14H,12H2. The van der Waals surface area contributed by atoms with Crippen molar-refractivity contribution < 1.29 is 9.47 Å². The molecular weight excluding hydrogens is 362 g/mol. The van der Waals surface area contributed by atoms with Gasteiger partial charge < -0.3 is 9.94 Å². The van der Waals surface area contributed by atoms with Crippen LogP contribution in [0, 0.1) is 16.5 Å². The van der Waals surface area contributed by atoms with Crippen molar-refractivity contribution in [1.82, 2.24) is 15.0 Å². The fourth-order valence-electron chi connectivity index (χ4n) is 2.58. The van der Waals surface area contributed by atoms with Crippen LogP contribution in [-0.2, 0) is 6.61 Å². The van der Waals surface area contributed by atoms with Crippen molar-refractivity contribution in [2.75, 3.05) is 0 Å². The topological polar surface area (TPSA) is 98.6 Å². The SMILES string of the molecule is N#CC(c1ccnc(OCc2ccc[n+]([O-])c2)n1)c1nc2ccccc2s1. The number of nitriles is 1. The van der Waals surface area contributed by atoms with Gasteiger partial charge in [-0.3, -0.25) is 0 Å². The van der Waals surface area contributed by atoms with Crippen molar-refractivity contribution >= 4 is 21.6 Å². The molecule has 0 saturated heterocycles.